The summed E-state index contributed by atoms with van der Waals surface area (Å²) < 4.78 is 11.5. The van der Waals surface area contributed by atoms with E-state index in [9.17, 15) is 23.9 Å². The average Bonchev–Trinajstić information content (AvgIpc) is 2.13. The van der Waals surface area contributed by atoms with Crippen LogP contribution in [0.25, 0.3) is 0 Å². The van der Waals surface area contributed by atoms with Crippen LogP contribution in [-0.4, -0.2) is 37.1 Å². The lowest BCUT2D eigenvalue weighted by atomic mass is 9.78. The molecule has 0 radical (unpaired) electrons. The molecule has 0 spiro atoms. The van der Waals surface area contributed by atoms with Gasteiger partial charge < -0.3 is 20.0 Å². The van der Waals surface area contributed by atoms with Crippen molar-refractivity contribution in [2.45, 2.75) is 39.3 Å². The second kappa shape index (κ2) is 4.99. The zero-order chi connectivity index (χ0) is 14.9. The standard InChI is InChI=1S/C10H19O7P/c1-6(7(11)12)10(4,18(15,16)17)5-9(2,3)8(13)14/h6H,5H2,1-4H3,(H,11,12)(H,13,14)(H2,15,16,17). The van der Waals surface area contributed by atoms with Crippen molar-refractivity contribution in [2.24, 2.45) is 11.3 Å². The number of hydrogen-bond acceptors (Lipinski definition) is 3. The Morgan fingerprint density at radius 2 is 1.56 bits per heavy atom. The maximum atomic E-state index is 11.5. The third-order valence-corrected chi connectivity index (χ3v) is 5.22. The Morgan fingerprint density at radius 3 is 1.78 bits per heavy atom. The first-order valence-corrected chi connectivity index (χ1v) is 6.89. The van der Waals surface area contributed by atoms with Crippen LogP contribution in [0, 0.1) is 11.3 Å². The molecule has 2 atom stereocenters. The van der Waals surface area contributed by atoms with Crippen LogP contribution in [0.5, 0.6) is 0 Å². The van der Waals surface area contributed by atoms with Gasteiger partial charge in [-0.2, -0.15) is 0 Å². The van der Waals surface area contributed by atoms with Gasteiger partial charge in [0.15, 0.2) is 0 Å². The van der Waals surface area contributed by atoms with E-state index >= 15 is 0 Å². The summed E-state index contributed by atoms with van der Waals surface area (Å²) >= 11 is 0. The molecule has 18 heavy (non-hydrogen) atoms. The highest BCUT2D eigenvalue weighted by Gasteiger charge is 2.53. The first kappa shape index (κ1) is 17.1. The van der Waals surface area contributed by atoms with E-state index in [0.717, 1.165) is 6.92 Å². The Balaban J connectivity index is 5.61. The van der Waals surface area contributed by atoms with Gasteiger partial charge in [0.05, 0.1) is 16.5 Å². The summed E-state index contributed by atoms with van der Waals surface area (Å²) in [5.74, 6) is -3.97. The molecule has 0 aliphatic carbocycles. The van der Waals surface area contributed by atoms with Gasteiger partial charge in [0.25, 0.3) is 0 Å². The average molecular weight is 282 g/mol. The van der Waals surface area contributed by atoms with Gasteiger partial charge in [-0.15, -0.1) is 0 Å². The van der Waals surface area contributed by atoms with Gasteiger partial charge in [-0.3, -0.25) is 14.2 Å². The maximum Gasteiger partial charge on any atom is 0.332 e. The van der Waals surface area contributed by atoms with Crippen molar-refractivity contribution < 1.29 is 34.2 Å². The van der Waals surface area contributed by atoms with Gasteiger partial charge in [0.1, 0.15) is 0 Å². The summed E-state index contributed by atoms with van der Waals surface area (Å²) in [6, 6.07) is 0. The molecule has 0 fully saturated rings. The normalized spacial score (nSPS) is 17.9. The molecular formula is C10H19O7P. The maximum absolute atomic E-state index is 11.5. The molecule has 0 aliphatic rings. The third kappa shape index (κ3) is 3.31. The molecule has 0 aromatic rings. The fourth-order valence-electron chi connectivity index (χ4n) is 1.74. The second-order valence-corrected chi connectivity index (χ2v) is 7.44. The summed E-state index contributed by atoms with van der Waals surface area (Å²) in [4.78, 5) is 40.7. The molecular weight excluding hydrogens is 263 g/mol. The molecule has 2 unspecified atom stereocenters. The van der Waals surface area contributed by atoms with Gasteiger partial charge >= 0.3 is 19.5 Å². The van der Waals surface area contributed by atoms with Crippen LogP contribution >= 0.6 is 7.60 Å². The first-order chi connectivity index (χ1) is 7.75. The zero-order valence-corrected chi connectivity index (χ0v) is 11.6. The number of carbonyl (C=O) groups is 2. The predicted octanol–water partition coefficient (Wildman–Crippen LogP) is 1.14. The minimum absolute atomic E-state index is 0.437. The van der Waals surface area contributed by atoms with E-state index in [1.807, 2.05) is 0 Å². The number of hydrogen-bond donors (Lipinski definition) is 4. The molecule has 7 nitrogen and oxygen atoms in total. The van der Waals surface area contributed by atoms with Gasteiger partial charge in [0, 0.05) is 0 Å². The van der Waals surface area contributed by atoms with E-state index in [0.29, 0.717) is 0 Å². The molecule has 0 saturated heterocycles. The fraction of sp³-hybridized carbons (Fsp3) is 0.800. The smallest absolute Gasteiger partial charge is 0.332 e. The number of rotatable bonds is 6. The molecule has 0 bridgehead atoms. The lowest BCUT2D eigenvalue weighted by molar-refractivity contribution is -0.150. The van der Waals surface area contributed by atoms with E-state index in [1.165, 1.54) is 20.8 Å². The van der Waals surface area contributed by atoms with Crippen molar-refractivity contribution >= 4 is 19.5 Å². The highest BCUT2D eigenvalue weighted by atomic mass is 31.2. The summed E-state index contributed by atoms with van der Waals surface area (Å²) in [5, 5.41) is 16.0. The lowest BCUT2D eigenvalue weighted by Gasteiger charge is -2.38. The van der Waals surface area contributed by atoms with E-state index in [4.69, 9.17) is 10.2 Å². The quantitative estimate of drug-likeness (QED) is 0.537. The molecule has 8 heteroatoms. The van der Waals surface area contributed by atoms with Crippen molar-refractivity contribution in [3.8, 4) is 0 Å². The van der Waals surface area contributed by atoms with Gasteiger partial charge in [-0.1, -0.05) is 6.92 Å². The van der Waals surface area contributed by atoms with Gasteiger partial charge in [-0.05, 0) is 27.2 Å². The molecule has 0 rings (SSSR count). The molecule has 4 N–H and O–H groups in total. The van der Waals surface area contributed by atoms with Crippen molar-refractivity contribution in [1.29, 1.82) is 0 Å². The summed E-state index contributed by atoms with van der Waals surface area (Å²) in [5.41, 5.74) is -1.43. The largest absolute Gasteiger partial charge is 0.481 e. The molecule has 0 saturated carbocycles. The Hall–Kier alpha value is -0.910. The van der Waals surface area contributed by atoms with Crippen molar-refractivity contribution in [2.75, 3.05) is 0 Å². The third-order valence-electron chi connectivity index (χ3n) is 3.35. The fourth-order valence-corrected chi connectivity index (χ4v) is 2.96. The minimum Gasteiger partial charge on any atom is -0.481 e. The van der Waals surface area contributed by atoms with Crippen LogP contribution in [0.1, 0.15) is 34.1 Å². The van der Waals surface area contributed by atoms with Gasteiger partial charge in [0.2, 0.25) is 0 Å². The predicted molar refractivity (Wildman–Crippen MR) is 63.3 cm³/mol. The highest BCUT2D eigenvalue weighted by molar-refractivity contribution is 7.53. The lowest BCUT2D eigenvalue weighted by Crippen LogP contribution is -2.43. The van der Waals surface area contributed by atoms with Crippen LogP contribution in [0.15, 0.2) is 0 Å². The Labute approximate surface area is 105 Å². The monoisotopic (exact) mass is 282 g/mol. The van der Waals surface area contributed by atoms with Crippen molar-refractivity contribution in [3.63, 3.8) is 0 Å². The van der Waals surface area contributed by atoms with Crippen molar-refractivity contribution in [1.82, 2.24) is 0 Å². The van der Waals surface area contributed by atoms with Crippen molar-refractivity contribution in [3.05, 3.63) is 0 Å². The van der Waals surface area contributed by atoms with Crippen LogP contribution in [0.4, 0.5) is 0 Å². The van der Waals surface area contributed by atoms with Crippen LogP contribution < -0.4 is 0 Å². The molecule has 0 heterocycles. The number of carboxylic acid groups (broad SMARTS) is 2. The van der Waals surface area contributed by atoms with Crippen LogP contribution in [0.3, 0.4) is 0 Å². The molecule has 0 aromatic heterocycles. The minimum atomic E-state index is -4.78. The van der Waals surface area contributed by atoms with E-state index < -0.39 is 42.4 Å². The second-order valence-electron chi connectivity index (χ2n) is 5.33. The number of carboxylic acids is 2. The summed E-state index contributed by atoms with van der Waals surface area (Å²) in [6.07, 6.45) is -0.437. The first-order valence-electron chi connectivity index (χ1n) is 5.27. The number of aliphatic carboxylic acids is 2. The van der Waals surface area contributed by atoms with Gasteiger partial charge in [-0.25, -0.2) is 0 Å². The Bertz CT molecular complexity index is 397. The van der Waals surface area contributed by atoms with E-state index in [2.05, 4.69) is 0 Å². The molecule has 0 aliphatic heterocycles. The molecule has 106 valence electrons. The topological polar surface area (TPSA) is 132 Å². The Kier molecular flexibility index (Phi) is 4.74. The SMILES string of the molecule is CC(C(=O)O)C(C)(CC(C)(C)C(=O)O)P(=O)(O)O. The summed E-state index contributed by atoms with van der Waals surface area (Å²) in [7, 11) is -4.78. The summed E-state index contributed by atoms with van der Waals surface area (Å²) in [6.45, 7) is 4.88. The Morgan fingerprint density at radius 1 is 1.17 bits per heavy atom. The highest BCUT2D eigenvalue weighted by Crippen LogP contribution is 2.58. The van der Waals surface area contributed by atoms with Crippen LogP contribution in [0.2, 0.25) is 0 Å². The zero-order valence-electron chi connectivity index (χ0n) is 10.7. The van der Waals surface area contributed by atoms with E-state index in [-0.39, 0.29) is 0 Å². The van der Waals surface area contributed by atoms with E-state index in [1.54, 1.807) is 0 Å². The molecule has 0 amide bonds. The van der Waals surface area contributed by atoms with Crippen LogP contribution in [-0.2, 0) is 14.2 Å². The molecule has 0 aromatic carbocycles.